The molecule has 0 atom stereocenters. The zero-order chi connectivity index (χ0) is 22.7. The third-order valence-electron chi connectivity index (χ3n) is 6.97. The molecular formula is C30H62N. The molecule has 0 rings (SSSR count). The third-order valence-corrected chi connectivity index (χ3v) is 6.97. The van der Waals surface area contributed by atoms with E-state index in [0.717, 1.165) is 6.54 Å². The summed E-state index contributed by atoms with van der Waals surface area (Å²) >= 11 is 0. The van der Waals surface area contributed by atoms with Gasteiger partial charge in [-0.05, 0) is 39.4 Å². The van der Waals surface area contributed by atoms with Gasteiger partial charge in [-0.2, -0.15) is 0 Å². The van der Waals surface area contributed by atoms with E-state index < -0.39 is 0 Å². The summed E-state index contributed by atoms with van der Waals surface area (Å²) in [5, 5.41) is 0. The smallest absolute Gasteiger partial charge is 0.00183 e. The summed E-state index contributed by atoms with van der Waals surface area (Å²) < 4.78 is 0. The van der Waals surface area contributed by atoms with Crippen LogP contribution in [-0.2, 0) is 0 Å². The van der Waals surface area contributed by atoms with Gasteiger partial charge in [-0.3, -0.25) is 0 Å². The average molecular weight is 437 g/mol. The van der Waals surface area contributed by atoms with E-state index in [0.29, 0.717) is 0 Å². The second-order valence-electron chi connectivity index (χ2n) is 10.1. The van der Waals surface area contributed by atoms with Gasteiger partial charge in [-0.15, -0.1) is 0 Å². The van der Waals surface area contributed by atoms with E-state index in [1.54, 1.807) is 0 Å². The van der Waals surface area contributed by atoms with Crippen LogP contribution >= 0.6 is 0 Å². The van der Waals surface area contributed by atoms with Gasteiger partial charge in [-0.1, -0.05) is 155 Å². The predicted molar refractivity (Wildman–Crippen MR) is 144 cm³/mol. The summed E-state index contributed by atoms with van der Waals surface area (Å²) in [6, 6.07) is 0. The van der Waals surface area contributed by atoms with E-state index in [4.69, 9.17) is 0 Å². The van der Waals surface area contributed by atoms with E-state index in [2.05, 4.69) is 25.7 Å². The Morgan fingerprint density at radius 1 is 0.355 bits per heavy atom. The van der Waals surface area contributed by atoms with Crippen molar-refractivity contribution in [2.24, 2.45) is 0 Å². The molecule has 0 aliphatic rings. The molecule has 0 aliphatic heterocycles. The fourth-order valence-electron chi connectivity index (χ4n) is 4.69. The normalized spacial score (nSPS) is 11.6. The molecular weight excluding hydrogens is 374 g/mol. The van der Waals surface area contributed by atoms with Crippen molar-refractivity contribution in [2.45, 2.75) is 168 Å². The van der Waals surface area contributed by atoms with Gasteiger partial charge in [-0.25, -0.2) is 0 Å². The molecule has 0 unspecified atom stereocenters. The molecule has 0 aromatic heterocycles. The first kappa shape index (κ1) is 31.0. The van der Waals surface area contributed by atoms with Crippen LogP contribution < -0.4 is 0 Å². The molecule has 187 valence electrons. The SMILES string of the molecule is [CH2]CN(CCCCCCCCCCCCCC)CCCCCCCCCCCCCC. The third kappa shape index (κ3) is 26.1. The number of nitrogens with zero attached hydrogens (tertiary/aromatic N) is 1. The van der Waals surface area contributed by atoms with Crippen LogP contribution in [0, 0.1) is 6.92 Å². The van der Waals surface area contributed by atoms with Crippen molar-refractivity contribution >= 4 is 0 Å². The standard InChI is InChI=1S/C30H62N/c1-4-7-9-11-13-15-17-19-21-23-25-27-29-31(6-3)30-28-26-24-22-20-18-16-14-12-10-8-5-2/h3-30H2,1-2H3. The Hall–Kier alpha value is -0.0400. The Labute approximate surface area is 199 Å². The lowest BCUT2D eigenvalue weighted by Gasteiger charge is -2.20. The number of unbranched alkanes of at least 4 members (excludes halogenated alkanes) is 22. The van der Waals surface area contributed by atoms with Crippen LogP contribution in [0.25, 0.3) is 0 Å². The molecule has 1 heteroatoms. The van der Waals surface area contributed by atoms with Crippen molar-refractivity contribution in [3.63, 3.8) is 0 Å². The molecule has 0 amide bonds. The lowest BCUT2D eigenvalue weighted by atomic mass is 10.0. The molecule has 0 aliphatic carbocycles. The summed E-state index contributed by atoms with van der Waals surface area (Å²) in [5.41, 5.74) is 0. The predicted octanol–water partition coefficient (Wildman–Crippen LogP) is 10.5. The second-order valence-corrected chi connectivity index (χ2v) is 10.1. The maximum Gasteiger partial charge on any atom is -0.00183 e. The van der Waals surface area contributed by atoms with Crippen LogP contribution in [0.4, 0.5) is 0 Å². The van der Waals surface area contributed by atoms with E-state index in [-0.39, 0.29) is 0 Å². The highest BCUT2D eigenvalue weighted by Gasteiger charge is 2.02. The van der Waals surface area contributed by atoms with Crippen LogP contribution in [0.2, 0.25) is 0 Å². The van der Waals surface area contributed by atoms with Crippen molar-refractivity contribution in [3.8, 4) is 0 Å². The van der Waals surface area contributed by atoms with Crippen molar-refractivity contribution in [1.29, 1.82) is 0 Å². The zero-order valence-electron chi connectivity index (χ0n) is 22.2. The summed E-state index contributed by atoms with van der Waals surface area (Å²) in [5.74, 6) is 0. The maximum atomic E-state index is 4.16. The van der Waals surface area contributed by atoms with Gasteiger partial charge < -0.3 is 4.90 Å². The van der Waals surface area contributed by atoms with E-state index >= 15 is 0 Å². The molecule has 0 heterocycles. The van der Waals surface area contributed by atoms with Crippen LogP contribution in [0.3, 0.4) is 0 Å². The summed E-state index contributed by atoms with van der Waals surface area (Å²) in [6.07, 6.45) is 34.6. The van der Waals surface area contributed by atoms with Crippen molar-refractivity contribution in [2.75, 3.05) is 19.6 Å². The Morgan fingerprint density at radius 2 is 0.581 bits per heavy atom. The molecule has 0 saturated carbocycles. The minimum atomic E-state index is 0.996. The highest BCUT2D eigenvalue weighted by atomic mass is 15.1. The first-order valence-electron chi connectivity index (χ1n) is 14.9. The van der Waals surface area contributed by atoms with Crippen molar-refractivity contribution in [1.82, 2.24) is 4.90 Å². The highest BCUT2D eigenvalue weighted by molar-refractivity contribution is 4.60. The minimum absolute atomic E-state index is 0.996. The maximum absolute atomic E-state index is 4.16. The summed E-state index contributed by atoms with van der Waals surface area (Å²) in [4.78, 5) is 2.59. The van der Waals surface area contributed by atoms with Crippen molar-refractivity contribution < 1.29 is 0 Å². The fourth-order valence-corrected chi connectivity index (χ4v) is 4.69. The molecule has 0 aromatic carbocycles. The summed E-state index contributed by atoms with van der Waals surface area (Å²) in [7, 11) is 0. The van der Waals surface area contributed by atoms with Crippen molar-refractivity contribution in [3.05, 3.63) is 6.92 Å². The summed E-state index contributed by atoms with van der Waals surface area (Å²) in [6.45, 7) is 12.3. The first-order valence-corrected chi connectivity index (χ1v) is 14.9. The first-order chi connectivity index (χ1) is 15.3. The molecule has 1 radical (unpaired) electrons. The van der Waals surface area contributed by atoms with Crippen LogP contribution in [0.15, 0.2) is 0 Å². The minimum Gasteiger partial charge on any atom is -0.303 e. The van der Waals surface area contributed by atoms with Gasteiger partial charge >= 0.3 is 0 Å². The van der Waals surface area contributed by atoms with Gasteiger partial charge in [0.25, 0.3) is 0 Å². The van der Waals surface area contributed by atoms with E-state index in [1.807, 2.05) is 0 Å². The molecule has 0 N–H and O–H groups in total. The Kier molecular flexibility index (Phi) is 28.0. The molecule has 31 heavy (non-hydrogen) atoms. The van der Waals surface area contributed by atoms with Crippen LogP contribution in [0.1, 0.15) is 168 Å². The molecule has 1 nitrogen and oxygen atoms in total. The van der Waals surface area contributed by atoms with Gasteiger partial charge in [0.1, 0.15) is 0 Å². The largest absolute Gasteiger partial charge is 0.303 e. The quantitative estimate of drug-likeness (QED) is 0.116. The zero-order valence-corrected chi connectivity index (χ0v) is 22.2. The second kappa shape index (κ2) is 28.0. The topological polar surface area (TPSA) is 3.24 Å². The molecule has 0 saturated heterocycles. The van der Waals surface area contributed by atoms with E-state index in [9.17, 15) is 0 Å². The van der Waals surface area contributed by atoms with Gasteiger partial charge in [0.05, 0.1) is 0 Å². The van der Waals surface area contributed by atoms with Gasteiger partial charge in [0.2, 0.25) is 0 Å². The molecule has 0 bridgehead atoms. The fraction of sp³-hybridized carbons (Fsp3) is 0.967. The molecule has 0 fully saturated rings. The number of hydrogen-bond acceptors (Lipinski definition) is 1. The highest BCUT2D eigenvalue weighted by Crippen LogP contribution is 2.14. The van der Waals surface area contributed by atoms with Gasteiger partial charge in [0.15, 0.2) is 0 Å². The lowest BCUT2D eigenvalue weighted by molar-refractivity contribution is 0.285. The Bertz CT molecular complexity index is 273. The molecule has 0 aromatic rings. The average Bonchev–Trinajstić information content (AvgIpc) is 2.79. The molecule has 0 spiro atoms. The Morgan fingerprint density at radius 3 is 0.806 bits per heavy atom. The van der Waals surface area contributed by atoms with Crippen LogP contribution in [-0.4, -0.2) is 24.5 Å². The van der Waals surface area contributed by atoms with Crippen LogP contribution in [0.5, 0.6) is 0 Å². The van der Waals surface area contributed by atoms with E-state index in [1.165, 1.54) is 167 Å². The Balaban J connectivity index is 3.26. The number of rotatable bonds is 27. The number of hydrogen-bond donors (Lipinski definition) is 0. The lowest BCUT2D eigenvalue weighted by Crippen LogP contribution is -2.25. The monoisotopic (exact) mass is 436 g/mol. The van der Waals surface area contributed by atoms with Gasteiger partial charge in [0, 0.05) is 0 Å².